The van der Waals surface area contributed by atoms with Crippen LogP contribution in [0.5, 0.6) is 0 Å². The van der Waals surface area contributed by atoms with E-state index in [0.29, 0.717) is 5.69 Å². The third kappa shape index (κ3) is 2.51. The molecule has 1 aromatic heterocycles. The topological polar surface area (TPSA) is 51.2 Å². The van der Waals surface area contributed by atoms with Gasteiger partial charge >= 0.3 is 0 Å². The first-order valence-electron chi connectivity index (χ1n) is 5.48. The highest BCUT2D eigenvalue weighted by atomic mass is 32.1. The van der Waals surface area contributed by atoms with Crippen LogP contribution in [-0.2, 0) is 0 Å². The Kier molecular flexibility index (Phi) is 3.62. The van der Waals surface area contributed by atoms with E-state index in [9.17, 15) is 4.39 Å². The fourth-order valence-electron chi connectivity index (χ4n) is 1.74. The van der Waals surface area contributed by atoms with Gasteiger partial charge in [0.25, 0.3) is 0 Å². The van der Waals surface area contributed by atoms with Crippen LogP contribution in [0, 0.1) is 5.82 Å². The van der Waals surface area contributed by atoms with E-state index in [4.69, 9.17) is 22.4 Å². The molecule has 0 radical (unpaired) electrons. The number of rotatable bonds is 4. The van der Waals surface area contributed by atoms with Crippen molar-refractivity contribution in [2.24, 2.45) is 5.73 Å². The average molecular weight is 264 g/mol. The van der Waals surface area contributed by atoms with Crippen LogP contribution in [-0.4, -0.2) is 4.99 Å². The molecule has 18 heavy (non-hydrogen) atoms. The van der Waals surface area contributed by atoms with E-state index < -0.39 is 5.82 Å². The third-order valence-electron chi connectivity index (χ3n) is 2.60. The van der Waals surface area contributed by atoms with Gasteiger partial charge in [-0.25, -0.2) is 4.39 Å². The zero-order valence-corrected chi connectivity index (χ0v) is 10.6. The molecule has 3 N–H and O–H groups in total. The molecule has 0 saturated carbocycles. The fourth-order valence-corrected chi connectivity index (χ4v) is 1.94. The SMILES string of the molecule is CC(Nc1cccc(F)c1C(N)=S)c1ccco1. The second kappa shape index (κ2) is 5.18. The molecule has 0 spiro atoms. The number of anilines is 1. The van der Waals surface area contributed by atoms with Crippen molar-refractivity contribution in [3.05, 3.63) is 53.7 Å². The molecule has 0 bridgehead atoms. The van der Waals surface area contributed by atoms with Gasteiger partial charge in [0, 0.05) is 5.69 Å². The highest BCUT2D eigenvalue weighted by Gasteiger charge is 2.14. The summed E-state index contributed by atoms with van der Waals surface area (Å²) in [5.74, 6) is 0.326. The lowest BCUT2D eigenvalue weighted by atomic mass is 10.1. The molecule has 1 heterocycles. The first kappa shape index (κ1) is 12.6. The maximum atomic E-state index is 13.7. The van der Waals surface area contributed by atoms with E-state index in [0.717, 1.165) is 5.76 Å². The van der Waals surface area contributed by atoms with Crippen LogP contribution in [0.25, 0.3) is 0 Å². The van der Waals surface area contributed by atoms with Crippen LogP contribution in [0.1, 0.15) is 24.3 Å². The van der Waals surface area contributed by atoms with Crippen molar-refractivity contribution in [3.8, 4) is 0 Å². The normalized spacial score (nSPS) is 12.1. The van der Waals surface area contributed by atoms with Crippen molar-refractivity contribution in [1.29, 1.82) is 0 Å². The van der Waals surface area contributed by atoms with Crippen LogP contribution in [0.4, 0.5) is 10.1 Å². The van der Waals surface area contributed by atoms with Crippen molar-refractivity contribution in [1.82, 2.24) is 0 Å². The number of hydrogen-bond donors (Lipinski definition) is 2. The molecular formula is C13H13FN2OS. The number of furan rings is 1. The van der Waals surface area contributed by atoms with Gasteiger partial charge in [-0.05, 0) is 31.2 Å². The summed E-state index contributed by atoms with van der Waals surface area (Å²) in [6.45, 7) is 1.91. The van der Waals surface area contributed by atoms with Gasteiger partial charge in [0.1, 0.15) is 16.6 Å². The first-order valence-corrected chi connectivity index (χ1v) is 5.88. The molecule has 94 valence electrons. The Morgan fingerprint density at radius 2 is 2.17 bits per heavy atom. The maximum Gasteiger partial charge on any atom is 0.135 e. The van der Waals surface area contributed by atoms with Crippen molar-refractivity contribution in [3.63, 3.8) is 0 Å². The number of thiocarbonyl (C=S) groups is 1. The van der Waals surface area contributed by atoms with Gasteiger partial charge in [0.05, 0.1) is 17.9 Å². The highest BCUT2D eigenvalue weighted by molar-refractivity contribution is 7.80. The summed E-state index contributed by atoms with van der Waals surface area (Å²) in [6, 6.07) is 8.21. The van der Waals surface area contributed by atoms with E-state index in [1.54, 1.807) is 24.5 Å². The molecule has 2 rings (SSSR count). The summed E-state index contributed by atoms with van der Waals surface area (Å²) in [5.41, 5.74) is 6.33. The monoisotopic (exact) mass is 264 g/mol. The standard InChI is InChI=1S/C13H13FN2OS/c1-8(11-6-3-7-17-11)16-10-5-2-4-9(14)12(10)13(15)18/h2-8,16H,1H3,(H2,15,18). The molecule has 1 aromatic carbocycles. The summed E-state index contributed by atoms with van der Waals surface area (Å²) >= 11 is 4.86. The first-order chi connectivity index (χ1) is 8.59. The minimum absolute atomic E-state index is 0.0299. The molecule has 0 aliphatic rings. The van der Waals surface area contributed by atoms with E-state index in [1.807, 2.05) is 13.0 Å². The molecule has 1 unspecified atom stereocenters. The number of halogens is 1. The highest BCUT2D eigenvalue weighted by Crippen LogP contribution is 2.24. The molecule has 0 fully saturated rings. The summed E-state index contributed by atoms with van der Waals surface area (Å²) in [7, 11) is 0. The molecule has 3 nitrogen and oxygen atoms in total. The second-order valence-electron chi connectivity index (χ2n) is 3.91. The van der Waals surface area contributed by atoms with Crippen LogP contribution in [0.15, 0.2) is 41.0 Å². The number of benzene rings is 1. The van der Waals surface area contributed by atoms with Gasteiger partial charge in [-0.3, -0.25) is 0 Å². The van der Waals surface area contributed by atoms with Gasteiger partial charge < -0.3 is 15.5 Å². The van der Waals surface area contributed by atoms with E-state index in [-0.39, 0.29) is 16.6 Å². The number of nitrogens with one attached hydrogen (secondary N) is 1. The van der Waals surface area contributed by atoms with Crippen LogP contribution in [0.2, 0.25) is 0 Å². The van der Waals surface area contributed by atoms with E-state index in [2.05, 4.69) is 5.32 Å². The number of nitrogens with two attached hydrogens (primary N) is 1. The Balaban J connectivity index is 2.29. The molecule has 0 aliphatic heterocycles. The molecule has 2 aromatic rings. The zero-order valence-electron chi connectivity index (χ0n) is 9.81. The summed E-state index contributed by atoms with van der Waals surface area (Å²) in [6.07, 6.45) is 1.59. The average Bonchev–Trinajstić information content (AvgIpc) is 2.81. The molecule has 0 saturated heterocycles. The van der Waals surface area contributed by atoms with Crippen molar-refractivity contribution in [2.45, 2.75) is 13.0 Å². The molecule has 0 amide bonds. The predicted octanol–water partition coefficient (Wildman–Crippen LogP) is 3.23. The van der Waals surface area contributed by atoms with Gasteiger partial charge in [0.2, 0.25) is 0 Å². The van der Waals surface area contributed by atoms with Crippen molar-refractivity contribution in [2.75, 3.05) is 5.32 Å². The Morgan fingerprint density at radius 1 is 1.39 bits per heavy atom. The fraction of sp³-hybridized carbons (Fsp3) is 0.154. The second-order valence-corrected chi connectivity index (χ2v) is 4.35. The van der Waals surface area contributed by atoms with Gasteiger partial charge in [-0.1, -0.05) is 18.3 Å². The summed E-state index contributed by atoms with van der Waals surface area (Å²) in [4.78, 5) is 0.0299. The lowest BCUT2D eigenvalue weighted by Crippen LogP contribution is -2.16. The lowest BCUT2D eigenvalue weighted by Gasteiger charge is -2.16. The Bertz CT molecular complexity index is 554. The lowest BCUT2D eigenvalue weighted by molar-refractivity contribution is 0.490. The molecule has 1 atom stereocenters. The van der Waals surface area contributed by atoms with Crippen molar-refractivity contribution >= 4 is 22.9 Å². The van der Waals surface area contributed by atoms with Crippen LogP contribution < -0.4 is 11.1 Å². The maximum absolute atomic E-state index is 13.7. The van der Waals surface area contributed by atoms with Gasteiger partial charge in [-0.15, -0.1) is 0 Å². The smallest absolute Gasteiger partial charge is 0.135 e. The Morgan fingerprint density at radius 3 is 2.78 bits per heavy atom. The van der Waals surface area contributed by atoms with Crippen LogP contribution in [0.3, 0.4) is 0 Å². The van der Waals surface area contributed by atoms with Gasteiger partial charge in [-0.2, -0.15) is 0 Å². The van der Waals surface area contributed by atoms with E-state index >= 15 is 0 Å². The van der Waals surface area contributed by atoms with Gasteiger partial charge in [0.15, 0.2) is 0 Å². The summed E-state index contributed by atoms with van der Waals surface area (Å²) < 4.78 is 18.9. The number of hydrogen-bond acceptors (Lipinski definition) is 3. The largest absolute Gasteiger partial charge is 0.467 e. The third-order valence-corrected chi connectivity index (χ3v) is 2.81. The predicted molar refractivity (Wildman–Crippen MR) is 73.0 cm³/mol. The molecule has 0 aliphatic carbocycles. The van der Waals surface area contributed by atoms with Crippen LogP contribution >= 0.6 is 12.2 Å². The Labute approximate surface area is 110 Å². The van der Waals surface area contributed by atoms with E-state index in [1.165, 1.54) is 6.07 Å². The minimum atomic E-state index is -0.431. The molecular weight excluding hydrogens is 251 g/mol. The summed E-state index contributed by atoms with van der Waals surface area (Å²) in [5, 5.41) is 3.13. The van der Waals surface area contributed by atoms with Crippen molar-refractivity contribution < 1.29 is 8.81 Å². The zero-order chi connectivity index (χ0) is 13.1. The quantitative estimate of drug-likeness (QED) is 0.832. The Hall–Kier alpha value is -1.88. The minimum Gasteiger partial charge on any atom is -0.467 e. The molecule has 5 heteroatoms.